The summed E-state index contributed by atoms with van der Waals surface area (Å²) in [5, 5.41) is 14.8. The lowest BCUT2D eigenvalue weighted by Gasteiger charge is -2.40. The first-order valence-electron chi connectivity index (χ1n) is 10.3. The van der Waals surface area contributed by atoms with Crippen LogP contribution in [0, 0.1) is 10.1 Å². The van der Waals surface area contributed by atoms with Crippen molar-refractivity contribution < 1.29 is 14.5 Å². The Kier molecular flexibility index (Phi) is 5.66. The molecule has 1 aliphatic carbocycles. The summed E-state index contributed by atoms with van der Waals surface area (Å²) in [5.41, 5.74) is 1.28. The molecule has 2 saturated heterocycles. The largest absolute Gasteiger partial charge is 0.447 e. The first kappa shape index (κ1) is 19.0. The molecule has 28 heavy (non-hydrogen) atoms. The minimum absolute atomic E-state index is 0.0206. The van der Waals surface area contributed by atoms with E-state index in [1.165, 1.54) is 49.1 Å². The number of nitro groups is 1. The number of benzene rings is 1. The summed E-state index contributed by atoms with van der Waals surface area (Å²) in [4.78, 5) is 26.9. The zero-order valence-electron chi connectivity index (χ0n) is 16.1. The summed E-state index contributed by atoms with van der Waals surface area (Å²) in [5.74, 6) is 0. The van der Waals surface area contributed by atoms with Crippen molar-refractivity contribution in [2.24, 2.45) is 0 Å². The van der Waals surface area contributed by atoms with Crippen LogP contribution < -0.4 is 10.2 Å². The normalized spacial score (nSPS) is 24.2. The number of piperidine rings is 1. The van der Waals surface area contributed by atoms with Crippen molar-refractivity contribution in [2.45, 2.75) is 57.0 Å². The highest BCUT2D eigenvalue weighted by molar-refractivity contribution is 5.94. The van der Waals surface area contributed by atoms with E-state index in [2.05, 4.69) is 10.2 Å². The van der Waals surface area contributed by atoms with Crippen molar-refractivity contribution in [3.63, 3.8) is 0 Å². The lowest BCUT2D eigenvalue weighted by Crippen LogP contribution is -2.47. The standard InChI is InChI=1S/C20H28N4O4/c25-20-23(11-12-28-20)19-13-17(24(26)27)8-9-18(19)21-15-5-4-10-22(14-15)16-6-2-1-3-7-16/h8-9,13,15-16,21H,1-7,10-12,14H2. The van der Waals surface area contributed by atoms with Gasteiger partial charge in [-0.25, -0.2) is 4.79 Å². The van der Waals surface area contributed by atoms with Crippen LogP contribution in [0.15, 0.2) is 18.2 Å². The van der Waals surface area contributed by atoms with Crippen LogP contribution >= 0.6 is 0 Å². The van der Waals surface area contributed by atoms with Gasteiger partial charge in [0.25, 0.3) is 5.69 Å². The van der Waals surface area contributed by atoms with Gasteiger partial charge in [-0.15, -0.1) is 0 Å². The van der Waals surface area contributed by atoms with Crippen LogP contribution in [-0.2, 0) is 4.74 Å². The van der Waals surface area contributed by atoms with Gasteiger partial charge in [-0.3, -0.25) is 19.9 Å². The molecule has 3 aliphatic rings. The third kappa shape index (κ3) is 4.06. The summed E-state index contributed by atoms with van der Waals surface area (Å²) >= 11 is 0. The van der Waals surface area contributed by atoms with Gasteiger partial charge >= 0.3 is 6.09 Å². The number of carbonyl (C=O) groups is 1. The van der Waals surface area contributed by atoms with Gasteiger partial charge in [0.05, 0.1) is 22.8 Å². The van der Waals surface area contributed by atoms with Crippen molar-refractivity contribution in [1.82, 2.24) is 4.90 Å². The van der Waals surface area contributed by atoms with Crippen molar-refractivity contribution in [1.29, 1.82) is 0 Å². The number of carbonyl (C=O) groups excluding carboxylic acids is 1. The first-order valence-corrected chi connectivity index (χ1v) is 10.3. The number of nitrogens with zero attached hydrogens (tertiary/aromatic N) is 3. The SMILES string of the molecule is O=C1OCCN1c1cc([N+](=O)[O-])ccc1NC1CCCN(C2CCCCC2)C1. The highest BCUT2D eigenvalue weighted by Crippen LogP contribution is 2.34. The summed E-state index contributed by atoms with van der Waals surface area (Å²) in [6.07, 6.45) is 8.32. The molecule has 1 amide bonds. The predicted octanol–water partition coefficient (Wildman–Crippen LogP) is 3.76. The molecule has 1 N–H and O–H groups in total. The molecule has 8 heteroatoms. The molecule has 1 unspecified atom stereocenters. The summed E-state index contributed by atoms with van der Waals surface area (Å²) in [6.45, 7) is 2.84. The van der Waals surface area contributed by atoms with E-state index in [0.717, 1.165) is 31.6 Å². The van der Waals surface area contributed by atoms with E-state index in [0.29, 0.717) is 24.9 Å². The van der Waals surface area contributed by atoms with Crippen molar-refractivity contribution in [3.8, 4) is 0 Å². The van der Waals surface area contributed by atoms with E-state index in [1.54, 1.807) is 6.07 Å². The van der Waals surface area contributed by atoms with E-state index in [1.807, 2.05) is 0 Å². The van der Waals surface area contributed by atoms with E-state index < -0.39 is 11.0 Å². The van der Waals surface area contributed by atoms with Gasteiger partial charge in [0.15, 0.2) is 0 Å². The smallest absolute Gasteiger partial charge is 0.414 e. The monoisotopic (exact) mass is 388 g/mol. The average molecular weight is 388 g/mol. The van der Waals surface area contributed by atoms with E-state index >= 15 is 0 Å². The molecule has 2 heterocycles. The van der Waals surface area contributed by atoms with Gasteiger partial charge in [0.1, 0.15) is 6.61 Å². The Morgan fingerprint density at radius 3 is 2.64 bits per heavy atom. The zero-order valence-corrected chi connectivity index (χ0v) is 16.1. The van der Waals surface area contributed by atoms with E-state index in [9.17, 15) is 14.9 Å². The first-order chi connectivity index (χ1) is 13.6. The van der Waals surface area contributed by atoms with Crippen LogP contribution in [0.25, 0.3) is 0 Å². The number of hydrogen-bond donors (Lipinski definition) is 1. The molecule has 1 aromatic rings. The molecule has 8 nitrogen and oxygen atoms in total. The molecule has 152 valence electrons. The Labute approximate surface area is 165 Å². The Bertz CT molecular complexity index is 735. The third-order valence-corrected chi connectivity index (χ3v) is 6.15. The molecule has 0 aromatic heterocycles. The minimum Gasteiger partial charge on any atom is -0.447 e. The van der Waals surface area contributed by atoms with Gasteiger partial charge in [-0.05, 0) is 38.3 Å². The topological polar surface area (TPSA) is 87.9 Å². The van der Waals surface area contributed by atoms with Gasteiger partial charge in [-0.2, -0.15) is 0 Å². The average Bonchev–Trinajstić information content (AvgIpc) is 3.15. The zero-order chi connectivity index (χ0) is 19.5. The fourth-order valence-electron chi connectivity index (χ4n) is 4.71. The Morgan fingerprint density at radius 1 is 1.11 bits per heavy atom. The second kappa shape index (κ2) is 8.34. The Hall–Kier alpha value is -2.35. The van der Waals surface area contributed by atoms with Crippen LogP contribution in [0.2, 0.25) is 0 Å². The summed E-state index contributed by atoms with van der Waals surface area (Å²) < 4.78 is 5.04. The Morgan fingerprint density at radius 2 is 1.93 bits per heavy atom. The number of anilines is 2. The number of rotatable bonds is 5. The summed E-state index contributed by atoms with van der Waals surface area (Å²) in [7, 11) is 0. The van der Waals surface area contributed by atoms with E-state index in [4.69, 9.17) is 4.74 Å². The van der Waals surface area contributed by atoms with Crippen LogP contribution in [0.1, 0.15) is 44.9 Å². The van der Waals surface area contributed by atoms with Crippen molar-refractivity contribution >= 4 is 23.2 Å². The molecule has 1 atom stereocenters. The Balaban J connectivity index is 1.51. The van der Waals surface area contributed by atoms with Crippen LogP contribution in [0.5, 0.6) is 0 Å². The molecule has 0 radical (unpaired) electrons. The van der Waals surface area contributed by atoms with Crippen LogP contribution in [0.4, 0.5) is 21.9 Å². The number of ether oxygens (including phenoxy) is 1. The highest BCUT2D eigenvalue weighted by atomic mass is 16.6. The fraction of sp³-hybridized carbons (Fsp3) is 0.650. The molecule has 1 saturated carbocycles. The van der Waals surface area contributed by atoms with Crippen molar-refractivity contribution in [2.75, 3.05) is 36.5 Å². The second-order valence-electron chi connectivity index (χ2n) is 7.99. The number of nitro benzene ring substituents is 1. The summed E-state index contributed by atoms with van der Waals surface area (Å²) in [6, 6.07) is 5.64. The molecule has 1 aromatic carbocycles. The molecule has 0 bridgehead atoms. The van der Waals surface area contributed by atoms with Gasteiger partial charge in [-0.1, -0.05) is 19.3 Å². The van der Waals surface area contributed by atoms with Crippen molar-refractivity contribution in [3.05, 3.63) is 28.3 Å². The number of amides is 1. The third-order valence-electron chi connectivity index (χ3n) is 6.15. The molecular weight excluding hydrogens is 360 g/mol. The number of nitrogens with one attached hydrogen (secondary N) is 1. The molecule has 2 aliphatic heterocycles. The van der Waals surface area contributed by atoms with E-state index in [-0.39, 0.29) is 11.7 Å². The van der Waals surface area contributed by atoms with Gasteiger partial charge < -0.3 is 10.1 Å². The molecule has 3 fully saturated rings. The molecule has 4 rings (SSSR count). The maximum Gasteiger partial charge on any atom is 0.414 e. The van der Waals surface area contributed by atoms with Crippen LogP contribution in [0.3, 0.4) is 0 Å². The fourth-order valence-corrected chi connectivity index (χ4v) is 4.71. The lowest BCUT2D eigenvalue weighted by molar-refractivity contribution is -0.384. The quantitative estimate of drug-likeness (QED) is 0.610. The van der Waals surface area contributed by atoms with Gasteiger partial charge in [0, 0.05) is 30.8 Å². The maximum absolute atomic E-state index is 12.1. The lowest BCUT2D eigenvalue weighted by atomic mass is 9.92. The molecule has 0 spiro atoms. The minimum atomic E-state index is -0.448. The number of non-ortho nitro benzene ring substituents is 1. The predicted molar refractivity (Wildman–Crippen MR) is 107 cm³/mol. The number of likely N-dealkylation sites (tertiary alicyclic amines) is 1. The number of cyclic esters (lactones) is 1. The van der Waals surface area contributed by atoms with Gasteiger partial charge in [0.2, 0.25) is 0 Å². The highest BCUT2D eigenvalue weighted by Gasteiger charge is 2.30. The maximum atomic E-state index is 12.1. The molecular formula is C20H28N4O4. The van der Waals surface area contributed by atoms with Crippen LogP contribution in [-0.4, -0.2) is 54.2 Å². The second-order valence-corrected chi connectivity index (χ2v) is 7.99. The number of hydrogen-bond acceptors (Lipinski definition) is 6.